The van der Waals surface area contributed by atoms with Gasteiger partial charge in [-0.2, -0.15) is 0 Å². The van der Waals surface area contributed by atoms with Gasteiger partial charge in [0.25, 0.3) is 11.8 Å². The van der Waals surface area contributed by atoms with Gasteiger partial charge in [0.05, 0.1) is 19.9 Å². The Morgan fingerprint density at radius 1 is 1.16 bits per heavy atom. The second kappa shape index (κ2) is 7.12. The molecule has 1 aliphatic heterocycles. The van der Waals surface area contributed by atoms with Crippen molar-refractivity contribution < 1.29 is 23.8 Å². The Morgan fingerprint density at radius 2 is 1.96 bits per heavy atom. The van der Waals surface area contributed by atoms with Gasteiger partial charge >= 0.3 is 0 Å². The van der Waals surface area contributed by atoms with Gasteiger partial charge in [0.15, 0.2) is 18.1 Å². The van der Waals surface area contributed by atoms with Gasteiger partial charge in [-0.3, -0.25) is 9.59 Å². The highest BCUT2D eigenvalue weighted by molar-refractivity contribution is 5.96. The van der Waals surface area contributed by atoms with Crippen molar-refractivity contribution >= 4 is 17.5 Å². The van der Waals surface area contributed by atoms with Crippen LogP contribution in [0.1, 0.15) is 15.9 Å². The van der Waals surface area contributed by atoms with E-state index in [0.29, 0.717) is 35.0 Å². The van der Waals surface area contributed by atoms with Crippen molar-refractivity contribution in [3.05, 3.63) is 47.5 Å². The van der Waals surface area contributed by atoms with Crippen LogP contribution in [0.3, 0.4) is 0 Å². The summed E-state index contributed by atoms with van der Waals surface area (Å²) in [5, 5.41) is 5.57. The molecule has 7 nitrogen and oxygen atoms in total. The molecule has 1 heterocycles. The molecule has 2 amide bonds. The lowest BCUT2D eigenvalue weighted by Gasteiger charge is -2.18. The van der Waals surface area contributed by atoms with Gasteiger partial charge in [0.1, 0.15) is 5.75 Å². The topological polar surface area (TPSA) is 85.9 Å². The van der Waals surface area contributed by atoms with E-state index in [0.717, 1.165) is 5.56 Å². The lowest BCUT2D eigenvalue weighted by atomic mass is 10.1. The molecule has 2 aromatic carbocycles. The molecule has 2 aromatic rings. The van der Waals surface area contributed by atoms with E-state index >= 15 is 0 Å². The SMILES string of the molecule is COc1ccc(C(=O)NCc2ccc3c(c2)NC(=O)CO3)cc1OC. The van der Waals surface area contributed by atoms with Crippen LogP contribution in [-0.2, 0) is 11.3 Å². The number of fused-ring (bicyclic) bond motifs is 1. The zero-order valence-corrected chi connectivity index (χ0v) is 13.9. The second-order valence-electron chi connectivity index (χ2n) is 5.42. The molecule has 0 saturated heterocycles. The second-order valence-corrected chi connectivity index (χ2v) is 5.42. The number of ether oxygens (including phenoxy) is 3. The lowest BCUT2D eigenvalue weighted by Crippen LogP contribution is -2.26. The third-order valence-electron chi connectivity index (χ3n) is 3.78. The minimum atomic E-state index is -0.237. The van der Waals surface area contributed by atoms with Crippen LogP contribution in [0.15, 0.2) is 36.4 Å². The number of nitrogens with one attached hydrogen (secondary N) is 2. The number of amides is 2. The predicted molar refractivity (Wildman–Crippen MR) is 91.3 cm³/mol. The van der Waals surface area contributed by atoms with Crippen LogP contribution in [0.25, 0.3) is 0 Å². The van der Waals surface area contributed by atoms with Crippen LogP contribution in [0.5, 0.6) is 17.2 Å². The molecule has 0 radical (unpaired) electrons. The molecular formula is C18H18N2O5. The molecule has 0 bridgehead atoms. The summed E-state index contributed by atoms with van der Waals surface area (Å²) in [7, 11) is 3.05. The largest absolute Gasteiger partial charge is 0.493 e. The fraction of sp³-hybridized carbons (Fsp3) is 0.222. The average Bonchev–Trinajstić information content (AvgIpc) is 2.65. The summed E-state index contributed by atoms with van der Waals surface area (Å²) in [5.41, 5.74) is 1.92. The molecule has 2 N–H and O–H groups in total. The maximum atomic E-state index is 12.3. The number of carbonyl (C=O) groups excluding carboxylic acids is 2. The van der Waals surface area contributed by atoms with Crippen LogP contribution < -0.4 is 24.8 Å². The van der Waals surface area contributed by atoms with Crippen LogP contribution in [0.4, 0.5) is 5.69 Å². The fourth-order valence-electron chi connectivity index (χ4n) is 2.50. The monoisotopic (exact) mass is 342 g/mol. The summed E-state index contributed by atoms with van der Waals surface area (Å²) in [5.74, 6) is 1.24. The van der Waals surface area contributed by atoms with Crippen molar-refractivity contribution in [3.8, 4) is 17.2 Å². The highest BCUT2D eigenvalue weighted by Gasteiger charge is 2.16. The molecule has 0 unspecified atom stereocenters. The Hall–Kier alpha value is -3.22. The molecule has 0 atom stereocenters. The van der Waals surface area contributed by atoms with E-state index in [4.69, 9.17) is 14.2 Å². The van der Waals surface area contributed by atoms with Gasteiger partial charge in [-0.15, -0.1) is 0 Å². The van der Waals surface area contributed by atoms with Crippen molar-refractivity contribution in [2.45, 2.75) is 6.54 Å². The van der Waals surface area contributed by atoms with Crippen molar-refractivity contribution in [3.63, 3.8) is 0 Å². The molecule has 0 spiro atoms. The van der Waals surface area contributed by atoms with E-state index < -0.39 is 0 Å². The van der Waals surface area contributed by atoms with E-state index in [1.54, 1.807) is 30.3 Å². The summed E-state index contributed by atoms with van der Waals surface area (Å²) >= 11 is 0. The van der Waals surface area contributed by atoms with Gasteiger partial charge in [-0.25, -0.2) is 0 Å². The average molecular weight is 342 g/mol. The van der Waals surface area contributed by atoms with E-state index in [9.17, 15) is 9.59 Å². The van der Waals surface area contributed by atoms with Gasteiger partial charge < -0.3 is 24.8 Å². The van der Waals surface area contributed by atoms with Gasteiger partial charge in [-0.1, -0.05) is 6.07 Å². The molecule has 130 valence electrons. The van der Waals surface area contributed by atoms with Crippen LogP contribution in [0.2, 0.25) is 0 Å². The Kier molecular flexibility index (Phi) is 4.74. The zero-order valence-electron chi connectivity index (χ0n) is 13.9. The minimum absolute atomic E-state index is 0.0163. The van der Waals surface area contributed by atoms with Crippen molar-refractivity contribution in [2.75, 3.05) is 26.1 Å². The Labute approximate surface area is 144 Å². The summed E-state index contributed by atoms with van der Waals surface area (Å²) in [6.07, 6.45) is 0. The summed E-state index contributed by atoms with van der Waals surface area (Å²) in [6.45, 7) is 0.332. The molecule has 0 saturated carbocycles. The molecule has 1 aliphatic rings. The standard InChI is InChI=1S/C18H18N2O5/c1-23-15-6-4-12(8-16(15)24-2)18(22)19-9-11-3-5-14-13(7-11)20-17(21)10-25-14/h3-8H,9-10H2,1-2H3,(H,19,22)(H,20,21). The number of rotatable bonds is 5. The molecule has 3 rings (SSSR count). The molecule has 25 heavy (non-hydrogen) atoms. The number of carbonyl (C=O) groups is 2. The Balaban J connectivity index is 1.68. The summed E-state index contributed by atoms with van der Waals surface area (Å²) < 4.78 is 15.7. The Morgan fingerprint density at radius 3 is 2.72 bits per heavy atom. The normalized spacial score (nSPS) is 12.5. The van der Waals surface area contributed by atoms with Crippen LogP contribution >= 0.6 is 0 Å². The highest BCUT2D eigenvalue weighted by atomic mass is 16.5. The molecule has 0 aliphatic carbocycles. The van der Waals surface area contributed by atoms with Gasteiger partial charge in [0, 0.05) is 12.1 Å². The first-order valence-corrected chi connectivity index (χ1v) is 7.66. The van der Waals surface area contributed by atoms with Crippen molar-refractivity contribution in [2.24, 2.45) is 0 Å². The zero-order chi connectivity index (χ0) is 17.8. The van der Waals surface area contributed by atoms with Gasteiger partial charge in [0.2, 0.25) is 0 Å². The number of methoxy groups -OCH3 is 2. The van der Waals surface area contributed by atoms with E-state index in [1.807, 2.05) is 6.07 Å². The third kappa shape index (κ3) is 3.65. The summed E-state index contributed by atoms with van der Waals surface area (Å²) in [4.78, 5) is 23.7. The van der Waals surface area contributed by atoms with Crippen molar-refractivity contribution in [1.82, 2.24) is 5.32 Å². The smallest absolute Gasteiger partial charge is 0.262 e. The quantitative estimate of drug-likeness (QED) is 0.868. The molecule has 0 aromatic heterocycles. The maximum absolute atomic E-state index is 12.3. The van der Waals surface area contributed by atoms with Crippen LogP contribution in [-0.4, -0.2) is 32.6 Å². The predicted octanol–water partition coefficient (Wildman–Crippen LogP) is 1.96. The fourth-order valence-corrected chi connectivity index (χ4v) is 2.50. The first kappa shape index (κ1) is 16.6. The first-order chi connectivity index (χ1) is 12.1. The number of anilines is 1. The van der Waals surface area contributed by atoms with Gasteiger partial charge in [-0.05, 0) is 35.9 Å². The first-order valence-electron chi connectivity index (χ1n) is 7.66. The number of benzene rings is 2. The van der Waals surface area contributed by atoms with E-state index in [2.05, 4.69) is 10.6 Å². The number of hydrogen-bond acceptors (Lipinski definition) is 5. The highest BCUT2D eigenvalue weighted by Crippen LogP contribution is 2.29. The Bertz CT molecular complexity index is 819. The molecule has 7 heteroatoms. The van der Waals surface area contributed by atoms with E-state index in [1.165, 1.54) is 14.2 Å². The lowest BCUT2D eigenvalue weighted by molar-refractivity contribution is -0.118. The molecular weight excluding hydrogens is 324 g/mol. The van der Waals surface area contributed by atoms with Crippen molar-refractivity contribution in [1.29, 1.82) is 0 Å². The maximum Gasteiger partial charge on any atom is 0.262 e. The minimum Gasteiger partial charge on any atom is -0.493 e. The van der Waals surface area contributed by atoms with E-state index in [-0.39, 0.29) is 18.4 Å². The van der Waals surface area contributed by atoms with Crippen LogP contribution in [0, 0.1) is 0 Å². The third-order valence-corrected chi connectivity index (χ3v) is 3.78. The molecule has 0 fully saturated rings. The summed E-state index contributed by atoms with van der Waals surface area (Å²) in [6, 6.07) is 10.4. The number of hydrogen-bond donors (Lipinski definition) is 2.